The first-order valence-corrected chi connectivity index (χ1v) is 8.60. The maximum atomic E-state index is 12.8. The molecule has 1 saturated heterocycles. The van der Waals surface area contributed by atoms with Gasteiger partial charge in [0.25, 0.3) is 5.91 Å². The minimum atomic E-state index is -4.37. The molecule has 138 valence electrons. The van der Waals surface area contributed by atoms with Crippen molar-refractivity contribution in [1.82, 2.24) is 10.2 Å². The number of alkyl halides is 3. The van der Waals surface area contributed by atoms with Gasteiger partial charge in [0.05, 0.1) is 5.56 Å². The van der Waals surface area contributed by atoms with Crippen molar-refractivity contribution < 1.29 is 18.0 Å². The summed E-state index contributed by atoms with van der Waals surface area (Å²) in [5.41, 5.74) is 1.000. The summed E-state index contributed by atoms with van der Waals surface area (Å²) < 4.78 is 38.3. The van der Waals surface area contributed by atoms with E-state index >= 15 is 0 Å². The Bertz CT molecular complexity index is 763. The quantitative estimate of drug-likeness (QED) is 0.888. The molecule has 0 bridgehead atoms. The summed E-state index contributed by atoms with van der Waals surface area (Å²) in [6.07, 6.45) is -2.58. The predicted octanol–water partition coefficient (Wildman–Crippen LogP) is 4.20. The second kappa shape index (κ2) is 7.50. The lowest BCUT2D eigenvalue weighted by Crippen LogP contribution is -2.43. The molecule has 1 N–H and O–H groups in total. The van der Waals surface area contributed by atoms with E-state index in [-0.39, 0.29) is 11.9 Å². The monoisotopic (exact) mass is 362 g/mol. The van der Waals surface area contributed by atoms with Crippen molar-refractivity contribution in [3.05, 3.63) is 59.7 Å². The number of carbonyl (C=O) groups is 1. The zero-order valence-electron chi connectivity index (χ0n) is 14.5. The number of amides is 1. The van der Waals surface area contributed by atoms with Crippen molar-refractivity contribution in [3.63, 3.8) is 0 Å². The Kier molecular flexibility index (Phi) is 5.32. The second-order valence-corrected chi connectivity index (χ2v) is 6.67. The van der Waals surface area contributed by atoms with Crippen LogP contribution in [0.4, 0.5) is 13.2 Å². The number of carbonyl (C=O) groups excluding carboxylic acids is 1. The Morgan fingerprint density at radius 3 is 2.27 bits per heavy atom. The standard InChI is InChI=1S/C20H21F3N2O/c1-25-12-10-16(11-13-25)24-19(26)18-5-3-2-4-17(18)14-6-8-15(9-7-14)20(21,22)23/h2-9,16H,10-13H2,1H3,(H,24,26). The molecule has 0 unspecified atom stereocenters. The second-order valence-electron chi connectivity index (χ2n) is 6.67. The molecule has 1 heterocycles. The Labute approximate surface area is 150 Å². The topological polar surface area (TPSA) is 32.3 Å². The highest BCUT2D eigenvalue weighted by Gasteiger charge is 2.30. The number of hydrogen-bond acceptors (Lipinski definition) is 2. The maximum Gasteiger partial charge on any atom is 0.416 e. The third-order valence-electron chi connectivity index (χ3n) is 4.75. The Balaban J connectivity index is 1.80. The van der Waals surface area contributed by atoms with Crippen molar-refractivity contribution in [2.75, 3.05) is 20.1 Å². The summed E-state index contributed by atoms with van der Waals surface area (Å²) in [6.45, 7) is 1.87. The molecule has 2 aromatic carbocycles. The normalized spacial score (nSPS) is 16.5. The van der Waals surface area contributed by atoms with E-state index < -0.39 is 11.7 Å². The molecule has 1 fully saturated rings. The average Bonchev–Trinajstić information content (AvgIpc) is 2.63. The molecular weight excluding hydrogens is 341 g/mol. The van der Waals surface area contributed by atoms with E-state index in [0.29, 0.717) is 16.7 Å². The van der Waals surface area contributed by atoms with Gasteiger partial charge in [-0.2, -0.15) is 13.2 Å². The van der Waals surface area contributed by atoms with Crippen molar-refractivity contribution in [2.24, 2.45) is 0 Å². The Hall–Kier alpha value is -2.34. The van der Waals surface area contributed by atoms with Crippen molar-refractivity contribution in [2.45, 2.75) is 25.1 Å². The number of piperidine rings is 1. The highest BCUT2D eigenvalue weighted by molar-refractivity contribution is 6.01. The van der Waals surface area contributed by atoms with Crippen molar-refractivity contribution in [3.8, 4) is 11.1 Å². The number of nitrogens with one attached hydrogen (secondary N) is 1. The van der Waals surface area contributed by atoms with Crippen molar-refractivity contribution in [1.29, 1.82) is 0 Å². The SMILES string of the molecule is CN1CCC(NC(=O)c2ccccc2-c2ccc(C(F)(F)F)cc2)CC1. The summed E-state index contributed by atoms with van der Waals surface area (Å²) in [5.74, 6) is -0.185. The van der Waals surface area contributed by atoms with E-state index in [1.807, 2.05) is 0 Å². The molecule has 0 radical (unpaired) electrons. The molecule has 1 aliphatic heterocycles. The zero-order chi connectivity index (χ0) is 18.7. The van der Waals surface area contributed by atoms with Crippen LogP contribution in [-0.2, 0) is 6.18 Å². The van der Waals surface area contributed by atoms with Gasteiger partial charge >= 0.3 is 6.18 Å². The molecule has 3 rings (SSSR count). The number of rotatable bonds is 3. The molecule has 6 heteroatoms. The van der Waals surface area contributed by atoms with E-state index in [1.165, 1.54) is 12.1 Å². The van der Waals surface area contributed by atoms with Crippen LogP contribution in [0.5, 0.6) is 0 Å². The van der Waals surface area contributed by atoms with Crippen LogP contribution in [0, 0.1) is 0 Å². The van der Waals surface area contributed by atoms with Crippen LogP contribution < -0.4 is 5.32 Å². The number of nitrogens with zero attached hydrogens (tertiary/aromatic N) is 1. The Morgan fingerprint density at radius 2 is 1.65 bits per heavy atom. The van der Waals surface area contributed by atoms with Gasteiger partial charge in [-0.25, -0.2) is 0 Å². The third kappa shape index (κ3) is 4.25. The molecule has 26 heavy (non-hydrogen) atoms. The Morgan fingerprint density at radius 1 is 1.04 bits per heavy atom. The first-order chi connectivity index (χ1) is 12.3. The largest absolute Gasteiger partial charge is 0.416 e. The van der Waals surface area contributed by atoms with E-state index in [2.05, 4.69) is 17.3 Å². The summed E-state index contributed by atoms with van der Waals surface area (Å²) in [4.78, 5) is 14.9. The number of hydrogen-bond donors (Lipinski definition) is 1. The van der Waals surface area contributed by atoms with E-state index in [1.54, 1.807) is 24.3 Å². The molecule has 1 aliphatic rings. The molecule has 1 amide bonds. The first-order valence-electron chi connectivity index (χ1n) is 8.60. The fourth-order valence-corrected chi connectivity index (χ4v) is 3.19. The number of benzene rings is 2. The van der Waals surface area contributed by atoms with Gasteiger partial charge in [-0.15, -0.1) is 0 Å². The minimum Gasteiger partial charge on any atom is -0.349 e. The number of likely N-dealkylation sites (tertiary alicyclic amines) is 1. The van der Waals surface area contributed by atoms with Gasteiger partial charge in [0.15, 0.2) is 0 Å². The van der Waals surface area contributed by atoms with Crippen LogP contribution in [0.25, 0.3) is 11.1 Å². The molecule has 0 aromatic heterocycles. The molecule has 0 spiro atoms. The molecule has 3 nitrogen and oxygen atoms in total. The van der Waals surface area contributed by atoms with Crippen LogP contribution in [0.3, 0.4) is 0 Å². The van der Waals surface area contributed by atoms with Crippen LogP contribution in [0.2, 0.25) is 0 Å². The van der Waals surface area contributed by atoms with E-state index in [9.17, 15) is 18.0 Å². The smallest absolute Gasteiger partial charge is 0.349 e. The van der Waals surface area contributed by atoms with Gasteiger partial charge in [0.1, 0.15) is 0 Å². The minimum absolute atomic E-state index is 0.124. The highest BCUT2D eigenvalue weighted by Crippen LogP contribution is 2.32. The van der Waals surface area contributed by atoms with Crippen LogP contribution >= 0.6 is 0 Å². The van der Waals surface area contributed by atoms with Crippen LogP contribution in [0.1, 0.15) is 28.8 Å². The molecular formula is C20H21F3N2O. The van der Waals surface area contributed by atoms with Crippen molar-refractivity contribution >= 4 is 5.91 Å². The summed E-state index contributed by atoms with van der Waals surface area (Å²) in [5, 5.41) is 3.06. The van der Waals surface area contributed by atoms with Crippen LogP contribution in [0.15, 0.2) is 48.5 Å². The van der Waals surface area contributed by atoms with Gasteiger partial charge in [0, 0.05) is 11.6 Å². The van der Waals surface area contributed by atoms with Gasteiger partial charge in [-0.3, -0.25) is 4.79 Å². The third-order valence-corrected chi connectivity index (χ3v) is 4.75. The van der Waals surface area contributed by atoms with Gasteiger partial charge < -0.3 is 10.2 Å². The molecule has 0 saturated carbocycles. The molecule has 0 aliphatic carbocycles. The van der Waals surface area contributed by atoms with Gasteiger partial charge in [-0.05, 0) is 62.3 Å². The van der Waals surface area contributed by atoms with Crippen LogP contribution in [-0.4, -0.2) is 37.0 Å². The summed E-state index contributed by atoms with van der Waals surface area (Å²) in [6, 6.07) is 12.0. The van der Waals surface area contributed by atoms with E-state index in [0.717, 1.165) is 38.1 Å². The lowest BCUT2D eigenvalue weighted by Gasteiger charge is -2.29. The fourth-order valence-electron chi connectivity index (χ4n) is 3.19. The lowest BCUT2D eigenvalue weighted by molar-refractivity contribution is -0.137. The summed E-state index contributed by atoms with van der Waals surface area (Å²) >= 11 is 0. The maximum absolute atomic E-state index is 12.8. The van der Waals surface area contributed by atoms with E-state index in [4.69, 9.17) is 0 Å². The fraction of sp³-hybridized carbons (Fsp3) is 0.350. The zero-order valence-corrected chi connectivity index (χ0v) is 14.5. The molecule has 2 aromatic rings. The number of halogens is 3. The molecule has 0 atom stereocenters. The lowest BCUT2D eigenvalue weighted by atomic mass is 9.97. The summed E-state index contributed by atoms with van der Waals surface area (Å²) in [7, 11) is 2.05. The predicted molar refractivity (Wildman–Crippen MR) is 94.9 cm³/mol. The first kappa shape index (κ1) is 18.5. The van der Waals surface area contributed by atoms with Gasteiger partial charge in [0.2, 0.25) is 0 Å². The van der Waals surface area contributed by atoms with Gasteiger partial charge in [-0.1, -0.05) is 30.3 Å². The average molecular weight is 362 g/mol. The highest BCUT2D eigenvalue weighted by atomic mass is 19.4.